The zero-order valence-corrected chi connectivity index (χ0v) is 12.8. The number of anilines is 1. The molecule has 2 rings (SSSR count). The van der Waals surface area contributed by atoms with E-state index in [1.165, 1.54) is 30.3 Å². The number of hydrogen-bond acceptors (Lipinski definition) is 2. The third-order valence-corrected chi connectivity index (χ3v) is 3.18. The molecule has 26 heavy (non-hydrogen) atoms. The van der Waals surface area contributed by atoms with Crippen molar-refractivity contribution < 1.29 is 36.2 Å². The molecule has 0 bridgehead atoms. The first-order valence-electron chi connectivity index (χ1n) is 7.03. The summed E-state index contributed by atoms with van der Waals surface area (Å²) in [6.07, 6.45) is -7.77. The molecule has 0 aliphatic rings. The van der Waals surface area contributed by atoms with Gasteiger partial charge in [0.05, 0.1) is 11.1 Å². The molecule has 9 heteroatoms. The molecule has 0 spiro atoms. The highest BCUT2D eigenvalue weighted by atomic mass is 19.4. The topological polar surface area (TPSA) is 49.3 Å². The van der Waals surface area contributed by atoms with Gasteiger partial charge in [0.15, 0.2) is 0 Å². The van der Waals surface area contributed by atoms with Gasteiger partial charge in [-0.3, -0.25) is 4.79 Å². The molecule has 2 N–H and O–H groups in total. The van der Waals surface area contributed by atoms with Gasteiger partial charge in [-0.15, -0.1) is 0 Å². The summed E-state index contributed by atoms with van der Waals surface area (Å²) in [5.41, 5.74) is -3.18. The molecular formula is C17H11F6NO2. The lowest BCUT2D eigenvalue weighted by atomic mass is 10.1. The summed E-state index contributed by atoms with van der Waals surface area (Å²) in [4.78, 5) is 11.8. The largest absolute Gasteiger partial charge is 0.508 e. The average molecular weight is 375 g/mol. The van der Waals surface area contributed by atoms with Crippen LogP contribution in [0.2, 0.25) is 0 Å². The number of hydrogen-bond donors (Lipinski definition) is 2. The van der Waals surface area contributed by atoms with E-state index >= 15 is 0 Å². The van der Waals surface area contributed by atoms with Crippen molar-refractivity contribution >= 4 is 17.7 Å². The van der Waals surface area contributed by atoms with Gasteiger partial charge < -0.3 is 10.4 Å². The molecule has 0 unspecified atom stereocenters. The number of benzene rings is 2. The van der Waals surface area contributed by atoms with Crippen LogP contribution < -0.4 is 5.32 Å². The number of alkyl halides is 6. The second-order valence-electron chi connectivity index (χ2n) is 5.21. The normalized spacial score (nSPS) is 12.4. The number of rotatable bonds is 3. The maximum atomic E-state index is 12.8. The third-order valence-electron chi connectivity index (χ3n) is 3.18. The molecule has 0 atom stereocenters. The molecule has 0 saturated carbocycles. The SMILES string of the molecule is O=C(/C=C/c1ccc(O)cc1)Nc1cc(C(F)(F)F)cc(C(F)(F)F)c1. The van der Waals surface area contributed by atoms with E-state index in [4.69, 9.17) is 5.11 Å². The second-order valence-corrected chi connectivity index (χ2v) is 5.21. The van der Waals surface area contributed by atoms with Gasteiger partial charge in [0, 0.05) is 11.8 Å². The average Bonchev–Trinajstić information content (AvgIpc) is 2.52. The Morgan fingerprint density at radius 1 is 0.885 bits per heavy atom. The van der Waals surface area contributed by atoms with Crippen LogP contribution in [0.25, 0.3) is 6.08 Å². The van der Waals surface area contributed by atoms with Crippen molar-refractivity contribution in [2.45, 2.75) is 12.4 Å². The zero-order valence-electron chi connectivity index (χ0n) is 12.8. The van der Waals surface area contributed by atoms with Gasteiger partial charge in [-0.05, 0) is 42.0 Å². The lowest BCUT2D eigenvalue weighted by molar-refractivity contribution is -0.143. The number of carbonyl (C=O) groups is 1. The van der Waals surface area contributed by atoms with Gasteiger partial charge in [0.25, 0.3) is 0 Å². The van der Waals surface area contributed by atoms with Crippen molar-refractivity contribution in [3.63, 3.8) is 0 Å². The summed E-state index contributed by atoms with van der Waals surface area (Å²) in [6, 6.07) is 6.43. The van der Waals surface area contributed by atoms with Crippen molar-refractivity contribution in [3.8, 4) is 5.75 Å². The van der Waals surface area contributed by atoms with E-state index in [0.29, 0.717) is 17.7 Å². The van der Waals surface area contributed by atoms with Crippen molar-refractivity contribution in [1.29, 1.82) is 0 Å². The minimum atomic E-state index is -5.00. The first-order valence-corrected chi connectivity index (χ1v) is 7.03. The van der Waals surface area contributed by atoms with Gasteiger partial charge >= 0.3 is 12.4 Å². The van der Waals surface area contributed by atoms with Crippen molar-refractivity contribution in [2.75, 3.05) is 5.32 Å². The highest BCUT2D eigenvalue weighted by Gasteiger charge is 2.37. The molecule has 0 saturated heterocycles. The number of carbonyl (C=O) groups excluding carboxylic acids is 1. The Morgan fingerprint density at radius 3 is 1.85 bits per heavy atom. The number of phenolic OH excluding ortho intramolecular Hbond substituents is 1. The van der Waals surface area contributed by atoms with Gasteiger partial charge in [-0.25, -0.2) is 0 Å². The Kier molecular flexibility index (Phi) is 5.29. The van der Waals surface area contributed by atoms with Crippen LogP contribution in [0.5, 0.6) is 5.75 Å². The summed E-state index contributed by atoms with van der Waals surface area (Å²) in [5.74, 6) is -0.916. The third kappa shape index (κ3) is 5.27. The Labute approximate surface area is 143 Å². The Bertz CT molecular complexity index is 790. The van der Waals surface area contributed by atoms with Crippen LogP contribution in [-0.4, -0.2) is 11.0 Å². The molecule has 0 heterocycles. The number of amides is 1. The number of nitrogens with one attached hydrogen (secondary N) is 1. The molecule has 0 radical (unpaired) electrons. The van der Waals surface area contributed by atoms with Crippen LogP contribution in [0.3, 0.4) is 0 Å². The molecule has 1 amide bonds. The number of phenols is 1. The van der Waals surface area contributed by atoms with E-state index in [1.54, 1.807) is 0 Å². The summed E-state index contributed by atoms with van der Waals surface area (Å²) >= 11 is 0. The van der Waals surface area contributed by atoms with Crippen LogP contribution in [0, 0.1) is 0 Å². The zero-order chi connectivity index (χ0) is 19.5. The molecule has 3 nitrogen and oxygen atoms in total. The minimum absolute atomic E-state index is 0.00440. The first-order chi connectivity index (χ1) is 11.9. The van der Waals surface area contributed by atoms with E-state index in [1.807, 2.05) is 5.32 Å². The molecule has 0 fully saturated rings. The summed E-state index contributed by atoms with van der Waals surface area (Å²) in [6.45, 7) is 0. The maximum Gasteiger partial charge on any atom is 0.416 e. The van der Waals surface area contributed by atoms with E-state index in [9.17, 15) is 31.1 Å². The minimum Gasteiger partial charge on any atom is -0.508 e. The van der Waals surface area contributed by atoms with Crippen LogP contribution in [0.4, 0.5) is 32.0 Å². The van der Waals surface area contributed by atoms with Gasteiger partial charge in [0.2, 0.25) is 5.91 Å². The molecule has 0 aliphatic heterocycles. The molecule has 0 aromatic heterocycles. The lowest BCUT2D eigenvalue weighted by Crippen LogP contribution is -2.14. The fourth-order valence-electron chi connectivity index (χ4n) is 1.97. The van der Waals surface area contributed by atoms with E-state index < -0.39 is 35.1 Å². The fraction of sp³-hybridized carbons (Fsp3) is 0.118. The van der Waals surface area contributed by atoms with Crippen LogP contribution >= 0.6 is 0 Å². The molecule has 138 valence electrons. The van der Waals surface area contributed by atoms with Gasteiger partial charge in [-0.2, -0.15) is 26.3 Å². The quantitative estimate of drug-likeness (QED) is 0.581. The van der Waals surface area contributed by atoms with Crippen LogP contribution in [0.1, 0.15) is 16.7 Å². The monoisotopic (exact) mass is 375 g/mol. The molecular weight excluding hydrogens is 364 g/mol. The standard InChI is InChI=1S/C17H11F6NO2/c18-16(19,20)11-7-12(17(21,22)23)9-13(8-11)24-15(26)6-3-10-1-4-14(25)5-2-10/h1-9,25H,(H,24,26)/b6-3+. The van der Waals surface area contributed by atoms with Crippen molar-refractivity contribution in [2.24, 2.45) is 0 Å². The van der Waals surface area contributed by atoms with E-state index in [-0.39, 0.29) is 11.8 Å². The Balaban J connectivity index is 2.24. The predicted molar refractivity (Wildman–Crippen MR) is 82.2 cm³/mol. The van der Waals surface area contributed by atoms with E-state index in [2.05, 4.69) is 0 Å². The van der Waals surface area contributed by atoms with Gasteiger partial charge in [0.1, 0.15) is 5.75 Å². The Hall–Kier alpha value is -2.97. The van der Waals surface area contributed by atoms with Crippen LogP contribution in [-0.2, 0) is 17.1 Å². The fourth-order valence-corrected chi connectivity index (χ4v) is 1.97. The first kappa shape index (κ1) is 19.4. The molecule has 2 aromatic carbocycles. The number of halogens is 6. The highest BCUT2D eigenvalue weighted by molar-refractivity contribution is 6.02. The lowest BCUT2D eigenvalue weighted by Gasteiger charge is -2.14. The van der Waals surface area contributed by atoms with Gasteiger partial charge in [-0.1, -0.05) is 12.1 Å². The summed E-state index contributed by atoms with van der Waals surface area (Å²) < 4.78 is 76.6. The summed E-state index contributed by atoms with van der Waals surface area (Å²) in [7, 11) is 0. The highest BCUT2D eigenvalue weighted by Crippen LogP contribution is 2.37. The second kappa shape index (κ2) is 7.11. The predicted octanol–water partition coefficient (Wildman–Crippen LogP) is 5.08. The number of aromatic hydroxyl groups is 1. The van der Waals surface area contributed by atoms with E-state index in [0.717, 1.165) is 6.08 Å². The molecule has 2 aromatic rings. The van der Waals surface area contributed by atoms with Crippen molar-refractivity contribution in [1.82, 2.24) is 0 Å². The summed E-state index contributed by atoms with van der Waals surface area (Å²) in [5, 5.41) is 11.1. The van der Waals surface area contributed by atoms with Crippen LogP contribution in [0.15, 0.2) is 48.5 Å². The maximum absolute atomic E-state index is 12.8. The molecule has 0 aliphatic carbocycles. The Morgan fingerprint density at radius 2 is 1.38 bits per heavy atom. The smallest absolute Gasteiger partial charge is 0.416 e. The van der Waals surface area contributed by atoms with Crippen molar-refractivity contribution in [3.05, 3.63) is 65.2 Å².